The van der Waals surface area contributed by atoms with Gasteiger partial charge in [-0.1, -0.05) is 516 Å². The maximum Gasteiger partial charge on any atom is 0.420 e. The van der Waals surface area contributed by atoms with E-state index in [1.807, 2.05) is 25.3 Å². The summed E-state index contributed by atoms with van der Waals surface area (Å²) in [5.41, 5.74) is 38.3. The highest BCUT2D eigenvalue weighted by Crippen LogP contribution is 2.49. The molecule has 1 aromatic heterocycles. The third-order valence-corrected chi connectivity index (χ3v) is 30.5. The standard InChI is InChI=1S/C42H31BO.C32H33BO.C29H24BF3O.C29H27BO/c1-4-11-32(12-5-1)35-18-20-38(21-19-35)42-31-41-17-10-30-44(41)43(42,39-26-22-36(23-27-39)33-13-6-2-7-14-33)40-28-24-37(25-29-40)34-15-8-3-9-16-34;1-24-10-16-28(17-11-24)32-31(27-8-6-5-7-9-27)22-23-34(4)33(32,29-18-12-25(2)13-19-29)30-20-14-26(3)15-21-30;1-34-20-19-28(21-5-3-2-4-6-21)29(22-7-13-25(31)14-8-22)30(34,23-9-15-26(32)16-10-23)24-11-17-27(33)18-12-24;1-31-23-22-28(24-14-6-2-7-15-24)29(25-16-8-3-9-17-25)30(31,26-18-10-4-11-19-26)27-20-12-5-13-21-27/h1-31H;5-21H,22-23H2,1-4H3;2-18H,19-20H2,1H3;2-21H,22-23H2,1H3. The van der Waals surface area contributed by atoms with E-state index >= 15 is 0 Å². The minimum absolute atomic E-state index is 0.316. The summed E-state index contributed by atoms with van der Waals surface area (Å²) in [6, 6.07) is 175. The molecule has 4 aliphatic heterocycles. The smallest absolute Gasteiger partial charge is 0.420 e. The highest BCUT2D eigenvalue weighted by Gasteiger charge is 2.54. The lowest BCUT2D eigenvalue weighted by Crippen LogP contribution is -2.68. The van der Waals surface area contributed by atoms with Crippen LogP contribution in [0.15, 0.2) is 514 Å². The molecule has 11 heteroatoms. The van der Waals surface area contributed by atoms with Crippen LogP contribution in [0.3, 0.4) is 0 Å². The fourth-order valence-electron chi connectivity index (χ4n) is 23.7. The van der Waals surface area contributed by atoms with Crippen LogP contribution >= 0.6 is 0 Å². The van der Waals surface area contributed by atoms with Crippen molar-refractivity contribution in [2.24, 2.45) is 0 Å². The number of furan rings is 1. The van der Waals surface area contributed by atoms with Gasteiger partial charge in [-0.15, -0.1) is 60.1 Å². The summed E-state index contributed by atoms with van der Waals surface area (Å²) in [6.45, 7) is 9.03. The van der Waals surface area contributed by atoms with Gasteiger partial charge in [0.2, 0.25) is 0 Å². The number of hydrogen-bond acceptors (Lipinski definition) is 0. The Kier molecular flexibility index (Phi) is 28.0. The predicted molar refractivity (Wildman–Crippen MR) is 604 cm³/mol. The Bertz CT molecular complexity index is 7250. The van der Waals surface area contributed by atoms with Crippen molar-refractivity contribution in [3.8, 4) is 33.4 Å². The first-order valence-electron chi connectivity index (χ1n) is 49.9. The third-order valence-electron chi connectivity index (χ3n) is 30.5. The highest BCUT2D eigenvalue weighted by molar-refractivity contribution is 7.14. The van der Waals surface area contributed by atoms with E-state index in [-0.39, 0.29) is 17.5 Å². The Labute approximate surface area is 841 Å². The molecular formula is C132H115B4F3O4. The zero-order chi connectivity index (χ0) is 97.9. The van der Waals surface area contributed by atoms with Crippen molar-refractivity contribution in [3.63, 3.8) is 0 Å². The van der Waals surface area contributed by atoms with Gasteiger partial charge in [0.05, 0.1) is 21.3 Å². The van der Waals surface area contributed by atoms with Crippen LogP contribution in [0.4, 0.5) is 13.2 Å². The van der Waals surface area contributed by atoms with E-state index in [1.165, 1.54) is 175 Å². The summed E-state index contributed by atoms with van der Waals surface area (Å²) in [4.78, 5) is 0. The van der Waals surface area contributed by atoms with Crippen LogP contribution in [0.2, 0.25) is 0 Å². The number of aryl methyl sites for hydroxylation is 3. The Morgan fingerprint density at radius 1 is 0.189 bits per heavy atom. The number of hydrogen-bond donors (Lipinski definition) is 0. The first-order valence-corrected chi connectivity index (χ1v) is 49.9. The average Bonchev–Trinajstić information content (AvgIpc) is 1.59. The van der Waals surface area contributed by atoms with E-state index in [0.717, 1.165) is 71.3 Å². The molecule has 0 saturated heterocycles. The molecule has 4 aliphatic rings. The van der Waals surface area contributed by atoms with Crippen LogP contribution in [-0.2, 0) is 12.9 Å². The lowest BCUT2D eigenvalue weighted by molar-refractivity contribution is 0.0582. The van der Waals surface area contributed by atoms with Gasteiger partial charge >= 0.3 is 25.4 Å². The van der Waals surface area contributed by atoms with Crippen LogP contribution in [0.5, 0.6) is 0 Å². The van der Waals surface area contributed by atoms with Crippen molar-refractivity contribution < 1.29 is 30.0 Å². The molecular weight excluding hydrogens is 1750 g/mol. The quantitative estimate of drug-likeness (QED) is 0.0599. The van der Waals surface area contributed by atoms with Crippen LogP contribution in [0.1, 0.15) is 80.7 Å². The number of rotatable bonds is 18. The second kappa shape index (κ2) is 42.3. The van der Waals surface area contributed by atoms with E-state index in [9.17, 15) is 13.2 Å². The molecule has 0 aliphatic carbocycles. The van der Waals surface area contributed by atoms with Gasteiger partial charge in [0.15, 0.2) is 12.0 Å². The summed E-state index contributed by atoms with van der Waals surface area (Å²) in [7, 11) is 6.42. The monoisotopic (exact) mass is 1860 g/mol. The fourth-order valence-corrected chi connectivity index (χ4v) is 23.7. The molecule has 19 aromatic rings. The lowest BCUT2D eigenvalue weighted by atomic mass is 9.25. The van der Waals surface area contributed by atoms with Crippen molar-refractivity contribution in [1.29, 1.82) is 0 Å². The number of benzene rings is 18. The molecule has 23 rings (SSSR count). The van der Waals surface area contributed by atoms with Gasteiger partial charge in [-0.2, -0.15) is 0 Å². The topological polar surface area (TPSA) is 10.8 Å². The fraction of sp³-hybridized carbons (Fsp3) is 0.0909. The SMILES string of the molecule is C1=C(c2ccc(-c3ccccc3)cc2)[B-](c2ccc(-c3ccccc3)cc2)(c2ccc(-c3ccccc3)cc2)[o+]2cccc21.C[O+]1CCC(c2ccccc2)=C(c2ccc(F)cc2)[B-]1(c1ccc(F)cc1)c1ccc(F)cc1.C[O+]1CCC(c2ccccc2)=C(c2ccccc2)[B-]1(c1ccccc1)c1ccccc1.Cc1ccc(C2=C(c3ccccc3)CC[O+](C)[B-]2(c2ccc(C)cc2)c2ccc(C)cc2)cc1. The summed E-state index contributed by atoms with van der Waals surface area (Å²) >= 11 is 0. The number of fused-ring (bicyclic) bond motifs is 1. The minimum atomic E-state index is -1.88. The Morgan fingerprint density at radius 2 is 0.392 bits per heavy atom. The molecule has 0 atom stereocenters. The molecule has 0 radical (unpaired) electrons. The molecule has 18 aromatic carbocycles. The van der Waals surface area contributed by atoms with E-state index < -0.39 is 25.4 Å². The molecule has 4 nitrogen and oxygen atoms in total. The van der Waals surface area contributed by atoms with Crippen molar-refractivity contribution in [2.75, 3.05) is 41.2 Å². The average molecular weight is 1870 g/mol. The van der Waals surface area contributed by atoms with Crippen molar-refractivity contribution in [2.45, 2.75) is 40.0 Å². The van der Waals surface area contributed by atoms with Gasteiger partial charge in [0, 0.05) is 37.5 Å². The summed E-state index contributed by atoms with van der Waals surface area (Å²) in [6.07, 6.45) is 1.01. The Morgan fingerprint density at radius 3 is 0.699 bits per heavy atom. The second-order valence-electron chi connectivity index (χ2n) is 38.6. The van der Waals surface area contributed by atoms with Gasteiger partial charge < -0.3 is 16.8 Å². The molecule has 0 spiro atoms. The molecule has 0 saturated carbocycles. The van der Waals surface area contributed by atoms with Gasteiger partial charge in [-0.05, 0) is 107 Å². The van der Waals surface area contributed by atoms with Crippen LogP contribution < -0.4 is 43.7 Å². The van der Waals surface area contributed by atoms with Crippen molar-refractivity contribution >= 4 is 114 Å². The second-order valence-corrected chi connectivity index (χ2v) is 38.6. The van der Waals surface area contributed by atoms with Crippen molar-refractivity contribution in [3.05, 3.63) is 589 Å². The molecule has 700 valence electrons. The summed E-state index contributed by atoms with van der Waals surface area (Å²) < 4.78 is 56.3. The lowest BCUT2D eigenvalue weighted by Gasteiger charge is -2.52. The summed E-state index contributed by atoms with van der Waals surface area (Å²) in [5.74, 6) is 0.177. The zero-order valence-electron chi connectivity index (χ0n) is 81.9. The summed E-state index contributed by atoms with van der Waals surface area (Å²) in [5, 5.41) is 0. The Balaban J connectivity index is 0.000000118. The van der Waals surface area contributed by atoms with Crippen LogP contribution in [0, 0.1) is 38.2 Å². The first kappa shape index (κ1) is 94.7. The molecule has 0 unspecified atom stereocenters. The maximum atomic E-state index is 14.0. The third kappa shape index (κ3) is 18.6. The van der Waals surface area contributed by atoms with Gasteiger partial charge in [0.25, 0.3) is 0 Å². The maximum absolute atomic E-state index is 14.0. The molecule has 0 bridgehead atoms. The van der Waals surface area contributed by atoms with Crippen LogP contribution in [-0.4, -0.2) is 66.5 Å². The van der Waals surface area contributed by atoms with Crippen LogP contribution in [0.25, 0.3) is 78.1 Å². The normalized spacial score (nSPS) is 15.2. The van der Waals surface area contributed by atoms with E-state index in [4.69, 9.17) is 0 Å². The molecule has 0 N–H and O–H groups in total. The molecule has 0 fully saturated rings. The van der Waals surface area contributed by atoms with E-state index in [1.54, 1.807) is 36.4 Å². The van der Waals surface area contributed by atoms with Gasteiger partial charge in [-0.3, -0.25) is 0 Å². The minimum Gasteiger partial charge on any atom is -0.777 e. The largest absolute Gasteiger partial charge is 0.777 e. The molecule has 0 amide bonds. The predicted octanol–water partition coefficient (Wildman–Crippen LogP) is 27.5. The van der Waals surface area contributed by atoms with E-state index in [0.29, 0.717) is 6.61 Å². The number of halogens is 3. The van der Waals surface area contributed by atoms with Crippen molar-refractivity contribution in [1.82, 2.24) is 0 Å². The van der Waals surface area contributed by atoms with Gasteiger partial charge in [-0.25, -0.2) is 13.2 Å². The Hall–Kier alpha value is -15.9. The molecule has 143 heavy (non-hydrogen) atoms. The molecule has 5 heterocycles. The highest BCUT2D eigenvalue weighted by atomic mass is 19.1. The van der Waals surface area contributed by atoms with Gasteiger partial charge in [0.1, 0.15) is 37.3 Å². The zero-order valence-corrected chi connectivity index (χ0v) is 81.9. The van der Waals surface area contributed by atoms with E-state index in [2.05, 4.69) is 477 Å². The first-order chi connectivity index (χ1) is 70.1.